The summed E-state index contributed by atoms with van der Waals surface area (Å²) in [5.74, 6) is 0.711. The second-order valence-electron chi connectivity index (χ2n) is 9.39. The molecule has 38 heavy (non-hydrogen) atoms. The average Bonchev–Trinajstić information content (AvgIpc) is 3.30. The minimum absolute atomic E-state index is 0.129. The molecule has 2 aromatic heterocycles. The third-order valence-corrected chi connectivity index (χ3v) is 7.00. The molecular formula is C26H24F6N6. The Kier molecular flexibility index (Phi) is 6.23. The summed E-state index contributed by atoms with van der Waals surface area (Å²) >= 11 is 0. The van der Waals surface area contributed by atoms with Crippen molar-refractivity contribution >= 4 is 22.3 Å². The summed E-state index contributed by atoms with van der Waals surface area (Å²) < 4.78 is 81.4. The van der Waals surface area contributed by atoms with E-state index >= 15 is 0 Å². The molecule has 5 rings (SSSR count). The van der Waals surface area contributed by atoms with Gasteiger partial charge in [0.05, 0.1) is 23.8 Å². The summed E-state index contributed by atoms with van der Waals surface area (Å²) in [5, 5.41) is 12.9. The van der Waals surface area contributed by atoms with Crippen LogP contribution in [0.3, 0.4) is 0 Å². The second-order valence-corrected chi connectivity index (χ2v) is 9.39. The quantitative estimate of drug-likeness (QED) is 0.288. The highest BCUT2D eigenvalue weighted by Gasteiger charge is 2.37. The summed E-state index contributed by atoms with van der Waals surface area (Å²) in [7, 11) is 0. The van der Waals surface area contributed by atoms with Gasteiger partial charge in [-0.3, -0.25) is 0 Å². The first kappa shape index (κ1) is 25.8. The van der Waals surface area contributed by atoms with Crippen LogP contribution in [-0.4, -0.2) is 26.3 Å². The Morgan fingerprint density at radius 1 is 1.03 bits per heavy atom. The van der Waals surface area contributed by atoms with Crippen LogP contribution in [-0.2, 0) is 18.9 Å². The number of anilines is 2. The zero-order valence-electron chi connectivity index (χ0n) is 20.7. The smallest absolute Gasteiger partial charge is 0.362 e. The number of alkyl halides is 6. The summed E-state index contributed by atoms with van der Waals surface area (Å²) in [6.07, 6.45) is -6.37. The zero-order valence-corrected chi connectivity index (χ0v) is 20.7. The first-order chi connectivity index (χ1) is 17.8. The van der Waals surface area contributed by atoms with E-state index in [-0.39, 0.29) is 5.56 Å². The fraction of sp³-hybridized carbons (Fsp3) is 0.346. The molecule has 0 saturated carbocycles. The predicted octanol–water partition coefficient (Wildman–Crippen LogP) is 6.93. The van der Waals surface area contributed by atoms with Gasteiger partial charge in [-0.1, -0.05) is 18.2 Å². The van der Waals surface area contributed by atoms with Crippen molar-refractivity contribution in [1.82, 2.24) is 19.7 Å². The van der Waals surface area contributed by atoms with Crippen LogP contribution < -0.4 is 10.2 Å². The molecule has 1 aliphatic heterocycles. The van der Waals surface area contributed by atoms with Crippen LogP contribution in [0.15, 0.2) is 48.8 Å². The number of benzene rings is 2. The lowest BCUT2D eigenvalue weighted by molar-refractivity contribution is -0.141. The highest BCUT2D eigenvalue weighted by Crippen LogP contribution is 2.38. The van der Waals surface area contributed by atoms with Crippen molar-refractivity contribution in [2.45, 2.75) is 51.8 Å². The number of imidazole rings is 1. The number of nitrogens with one attached hydrogen (secondary N) is 1. The number of halogens is 6. The van der Waals surface area contributed by atoms with Gasteiger partial charge in [0.2, 0.25) is 0 Å². The molecule has 2 atom stereocenters. The SMILES string of the molecule is Cc1c([C@@H](C)Nc2nncc3ccc(N4CCn5cc(C(F)(F)F)nc5C4C)cc23)cccc1C(F)(F)F. The van der Waals surface area contributed by atoms with Gasteiger partial charge in [-0.05, 0) is 50.1 Å². The van der Waals surface area contributed by atoms with Gasteiger partial charge in [0.1, 0.15) is 5.82 Å². The molecule has 0 bridgehead atoms. The van der Waals surface area contributed by atoms with Crippen molar-refractivity contribution in [2.24, 2.45) is 0 Å². The Labute approximate surface area is 214 Å². The molecule has 0 spiro atoms. The fourth-order valence-electron chi connectivity index (χ4n) is 5.04. The van der Waals surface area contributed by atoms with Gasteiger partial charge in [0.15, 0.2) is 11.5 Å². The van der Waals surface area contributed by atoms with E-state index in [1.807, 2.05) is 23.1 Å². The van der Waals surface area contributed by atoms with Crippen LogP contribution in [0.25, 0.3) is 10.8 Å². The minimum Gasteiger partial charge on any atom is -0.362 e. The van der Waals surface area contributed by atoms with E-state index in [1.54, 1.807) is 26.1 Å². The van der Waals surface area contributed by atoms with Crippen LogP contribution in [0.5, 0.6) is 0 Å². The molecule has 0 aliphatic carbocycles. The zero-order chi connectivity index (χ0) is 27.4. The molecule has 3 heterocycles. The Morgan fingerprint density at radius 2 is 1.79 bits per heavy atom. The van der Waals surface area contributed by atoms with Crippen LogP contribution in [0.1, 0.15) is 54.1 Å². The van der Waals surface area contributed by atoms with Crippen molar-refractivity contribution in [1.29, 1.82) is 0 Å². The van der Waals surface area contributed by atoms with E-state index in [1.165, 1.54) is 17.6 Å². The lowest BCUT2D eigenvalue weighted by Crippen LogP contribution is -2.36. The maximum atomic E-state index is 13.4. The van der Waals surface area contributed by atoms with Gasteiger partial charge in [-0.25, -0.2) is 4.98 Å². The van der Waals surface area contributed by atoms with Crippen LogP contribution in [0.4, 0.5) is 37.8 Å². The van der Waals surface area contributed by atoms with E-state index in [0.29, 0.717) is 35.7 Å². The predicted molar refractivity (Wildman–Crippen MR) is 131 cm³/mol. The summed E-state index contributed by atoms with van der Waals surface area (Å²) in [4.78, 5) is 5.81. The number of fused-ring (bicyclic) bond motifs is 2. The molecule has 200 valence electrons. The normalized spacial score (nSPS) is 17.0. The number of hydrogen-bond acceptors (Lipinski definition) is 5. The van der Waals surface area contributed by atoms with Crippen molar-refractivity contribution in [3.8, 4) is 0 Å². The Morgan fingerprint density at radius 3 is 2.50 bits per heavy atom. The van der Waals surface area contributed by atoms with E-state index in [0.717, 1.165) is 23.3 Å². The standard InChI is InChI=1S/C26H24F6N6/c1-14-19(5-4-6-21(14)25(27,28)29)15(2)34-23-20-11-18(8-7-17(20)12-33-36-23)38-10-9-37-13-22(26(30,31)32)35-24(37)16(38)3/h4-8,11-13,15-16H,9-10H2,1-3H3,(H,34,36)/t15-,16?/m1/s1. The van der Waals surface area contributed by atoms with Crippen molar-refractivity contribution in [2.75, 3.05) is 16.8 Å². The van der Waals surface area contributed by atoms with Gasteiger partial charge >= 0.3 is 12.4 Å². The van der Waals surface area contributed by atoms with E-state index < -0.39 is 35.7 Å². The van der Waals surface area contributed by atoms with Gasteiger partial charge < -0.3 is 14.8 Å². The summed E-state index contributed by atoms with van der Waals surface area (Å²) in [5.41, 5.74) is -0.246. The van der Waals surface area contributed by atoms with E-state index in [2.05, 4.69) is 20.5 Å². The van der Waals surface area contributed by atoms with Gasteiger partial charge in [-0.2, -0.15) is 31.4 Å². The highest BCUT2D eigenvalue weighted by molar-refractivity contribution is 5.93. The number of hydrogen-bond donors (Lipinski definition) is 1. The summed E-state index contributed by atoms with van der Waals surface area (Å²) in [6, 6.07) is 8.68. The Bertz CT molecular complexity index is 1490. The van der Waals surface area contributed by atoms with E-state index in [4.69, 9.17) is 0 Å². The topological polar surface area (TPSA) is 58.9 Å². The lowest BCUT2D eigenvalue weighted by Gasteiger charge is -2.35. The molecule has 6 nitrogen and oxygen atoms in total. The van der Waals surface area contributed by atoms with Crippen molar-refractivity contribution in [3.63, 3.8) is 0 Å². The number of nitrogens with zero attached hydrogens (tertiary/aromatic N) is 5. The third kappa shape index (κ3) is 4.63. The number of aromatic nitrogens is 4. The Balaban J connectivity index is 1.47. The van der Waals surface area contributed by atoms with Crippen LogP contribution in [0.2, 0.25) is 0 Å². The molecule has 4 aromatic rings. The van der Waals surface area contributed by atoms with E-state index in [9.17, 15) is 26.3 Å². The number of rotatable bonds is 4. The molecule has 1 aliphatic rings. The Hall–Kier alpha value is -3.83. The molecule has 1 N–H and O–H groups in total. The maximum absolute atomic E-state index is 13.4. The summed E-state index contributed by atoms with van der Waals surface area (Å²) in [6.45, 7) is 5.79. The molecule has 0 fully saturated rings. The molecule has 12 heteroatoms. The van der Waals surface area contributed by atoms with Crippen LogP contribution >= 0.6 is 0 Å². The average molecular weight is 535 g/mol. The van der Waals surface area contributed by atoms with Gasteiger partial charge in [-0.15, -0.1) is 5.10 Å². The molecule has 2 aromatic carbocycles. The minimum atomic E-state index is -4.52. The maximum Gasteiger partial charge on any atom is 0.434 e. The monoisotopic (exact) mass is 534 g/mol. The van der Waals surface area contributed by atoms with Crippen LogP contribution in [0, 0.1) is 6.92 Å². The first-order valence-electron chi connectivity index (χ1n) is 11.9. The second kappa shape index (κ2) is 9.17. The first-order valence-corrected chi connectivity index (χ1v) is 11.9. The van der Waals surface area contributed by atoms with Gasteiger partial charge in [0, 0.05) is 35.7 Å². The van der Waals surface area contributed by atoms with Crippen molar-refractivity contribution < 1.29 is 26.3 Å². The third-order valence-electron chi connectivity index (χ3n) is 7.00. The highest BCUT2D eigenvalue weighted by atomic mass is 19.4. The largest absolute Gasteiger partial charge is 0.434 e. The lowest BCUT2D eigenvalue weighted by atomic mass is 9.97. The molecule has 0 amide bonds. The molecule has 0 saturated heterocycles. The molecular weight excluding hydrogens is 510 g/mol. The van der Waals surface area contributed by atoms with Gasteiger partial charge in [0.25, 0.3) is 0 Å². The van der Waals surface area contributed by atoms with Crippen molar-refractivity contribution in [3.05, 3.63) is 77.0 Å². The molecule has 1 unspecified atom stereocenters. The fourth-order valence-corrected chi connectivity index (χ4v) is 5.04. The molecule has 0 radical (unpaired) electrons.